The molecular formula is C10H13NO5S. The second-order valence-electron chi connectivity index (χ2n) is 4.18. The number of rotatable bonds is 2. The first kappa shape index (κ1) is 12.1. The van der Waals surface area contributed by atoms with Crippen molar-refractivity contribution in [3.05, 3.63) is 17.3 Å². The molecule has 1 aromatic heterocycles. The molecule has 6 nitrogen and oxygen atoms in total. The summed E-state index contributed by atoms with van der Waals surface area (Å²) < 4.78 is 27.6. The molecule has 0 aliphatic carbocycles. The van der Waals surface area contributed by atoms with Crippen LogP contribution in [0, 0.1) is 6.92 Å². The molecule has 0 radical (unpaired) electrons. The lowest BCUT2D eigenvalue weighted by Gasteiger charge is -2.20. The van der Waals surface area contributed by atoms with Crippen LogP contribution in [-0.4, -0.2) is 36.0 Å². The minimum Gasteiger partial charge on any atom is -0.475 e. The molecule has 0 saturated carbocycles. The van der Waals surface area contributed by atoms with Crippen LogP contribution in [0.25, 0.3) is 0 Å². The fourth-order valence-electron chi connectivity index (χ4n) is 2.04. The predicted molar refractivity (Wildman–Crippen MR) is 58.8 cm³/mol. The Labute approximate surface area is 98.6 Å². The number of aromatic nitrogens is 1. The molecule has 0 spiro atoms. The van der Waals surface area contributed by atoms with Gasteiger partial charge in [-0.15, -0.1) is 0 Å². The maximum atomic E-state index is 11.3. The van der Waals surface area contributed by atoms with Gasteiger partial charge in [-0.05, 0) is 12.8 Å². The average Bonchev–Trinajstić information content (AvgIpc) is 2.60. The van der Waals surface area contributed by atoms with Crippen LogP contribution < -0.4 is 0 Å². The van der Waals surface area contributed by atoms with Gasteiger partial charge in [-0.25, -0.2) is 18.2 Å². The van der Waals surface area contributed by atoms with Gasteiger partial charge in [-0.3, -0.25) is 0 Å². The van der Waals surface area contributed by atoms with E-state index in [4.69, 9.17) is 9.52 Å². The number of hydrogen-bond acceptors (Lipinski definition) is 5. The molecule has 94 valence electrons. The minimum absolute atomic E-state index is 0.0859. The monoisotopic (exact) mass is 259 g/mol. The normalized spacial score (nSPS) is 20.3. The lowest BCUT2D eigenvalue weighted by Crippen LogP contribution is -2.23. The SMILES string of the molecule is Cc1nc(C2CCS(=O)(=O)CC2)c(C(=O)O)o1. The van der Waals surface area contributed by atoms with Crippen LogP contribution in [0.15, 0.2) is 4.42 Å². The van der Waals surface area contributed by atoms with Gasteiger partial charge in [0.15, 0.2) is 5.89 Å². The molecule has 1 aromatic rings. The minimum atomic E-state index is -2.96. The lowest BCUT2D eigenvalue weighted by molar-refractivity contribution is 0.0658. The fraction of sp³-hybridized carbons (Fsp3) is 0.600. The summed E-state index contributed by atoms with van der Waals surface area (Å²) in [6.07, 6.45) is 0.823. The molecule has 1 aliphatic heterocycles. The summed E-state index contributed by atoms with van der Waals surface area (Å²) in [5.74, 6) is -0.987. The van der Waals surface area contributed by atoms with Gasteiger partial charge in [0.2, 0.25) is 5.76 Å². The number of hydrogen-bond donors (Lipinski definition) is 1. The van der Waals surface area contributed by atoms with E-state index in [1.165, 1.54) is 0 Å². The molecule has 0 atom stereocenters. The quantitative estimate of drug-likeness (QED) is 0.850. The van der Waals surface area contributed by atoms with Crippen molar-refractivity contribution in [2.45, 2.75) is 25.7 Å². The maximum absolute atomic E-state index is 11.3. The van der Waals surface area contributed by atoms with Gasteiger partial charge in [0, 0.05) is 12.8 Å². The summed E-state index contributed by atoms with van der Waals surface area (Å²) in [6.45, 7) is 1.58. The highest BCUT2D eigenvalue weighted by Gasteiger charge is 2.31. The van der Waals surface area contributed by atoms with Crippen molar-refractivity contribution < 1.29 is 22.7 Å². The Balaban J connectivity index is 2.27. The molecule has 0 aromatic carbocycles. The van der Waals surface area contributed by atoms with Crippen molar-refractivity contribution in [1.82, 2.24) is 4.98 Å². The molecule has 1 N–H and O–H groups in total. The summed E-state index contributed by atoms with van der Waals surface area (Å²) in [5, 5.41) is 8.96. The Morgan fingerprint density at radius 2 is 2.00 bits per heavy atom. The highest BCUT2D eigenvalue weighted by atomic mass is 32.2. The number of aryl methyl sites for hydroxylation is 1. The van der Waals surface area contributed by atoms with Crippen LogP contribution >= 0.6 is 0 Å². The van der Waals surface area contributed by atoms with Gasteiger partial charge < -0.3 is 9.52 Å². The van der Waals surface area contributed by atoms with Gasteiger partial charge in [-0.1, -0.05) is 0 Å². The first-order valence-corrected chi connectivity index (χ1v) is 7.12. The average molecular weight is 259 g/mol. The molecule has 0 amide bonds. The number of aromatic carboxylic acids is 1. The van der Waals surface area contributed by atoms with Crippen LogP contribution in [0.1, 0.15) is 40.9 Å². The van der Waals surface area contributed by atoms with Gasteiger partial charge in [-0.2, -0.15) is 0 Å². The van der Waals surface area contributed by atoms with E-state index in [2.05, 4.69) is 4.98 Å². The Hall–Kier alpha value is -1.37. The second kappa shape index (κ2) is 4.14. The van der Waals surface area contributed by atoms with E-state index in [1.54, 1.807) is 6.92 Å². The number of carboxylic acids is 1. The maximum Gasteiger partial charge on any atom is 0.373 e. The van der Waals surface area contributed by atoms with Gasteiger partial charge in [0.1, 0.15) is 9.84 Å². The van der Waals surface area contributed by atoms with E-state index in [-0.39, 0.29) is 23.2 Å². The van der Waals surface area contributed by atoms with E-state index in [0.29, 0.717) is 24.4 Å². The molecule has 1 saturated heterocycles. The van der Waals surface area contributed by atoms with Crippen LogP contribution in [0.4, 0.5) is 0 Å². The zero-order chi connectivity index (χ0) is 12.6. The first-order chi connectivity index (χ1) is 7.89. The third-order valence-corrected chi connectivity index (χ3v) is 4.61. The number of oxazole rings is 1. The van der Waals surface area contributed by atoms with Crippen LogP contribution in [0.5, 0.6) is 0 Å². The van der Waals surface area contributed by atoms with Gasteiger partial charge >= 0.3 is 5.97 Å². The summed E-state index contributed by atoms with van der Waals surface area (Å²) in [4.78, 5) is 15.0. The third-order valence-electron chi connectivity index (χ3n) is 2.90. The Morgan fingerprint density at radius 3 is 2.53 bits per heavy atom. The lowest BCUT2D eigenvalue weighted by atomic mass is 9.97. The molecule has 2 rings (SSSR count). The van der Waals surface area contributed by atoms with E-state index in [0.717, 1.165) is 0 Å². The Bertz CT molecular complexity index is 531. The number of carbonyl (C=O) groups is 1. The molecule has 1 aliphatic rings. The highest BCUT2D eigenvalue weighted by molar-refractivity contribution is 7.91. The van der Waals surface area contributed by atoms with E-state index < -0.39 is 15.8 Å². The van der Waals surface area contributed by atoms with E-state index >= 15 is 0 Å². The van der Waals surface area contributed by atoms with Crippen molar-refractivity contribution in [1.29, 1.82) is 0 Å². The molecule has 0 unspecified atom stereocenters. The Kier molecular flexibility index (Phi) is 2.94. The fourth-order valence-corrected chi connectivity index (χ4v) is 3.53. The largest absolute Gasteiger partial charge is 0.475 e. The third kappa shape index (κ3) is 2.49. The number of nitrogens with zero attached hydrogens (tertiary/aromatic N) is 1. The Morgan fingerprint density at radius 1 is 1.41 bits per heavy atom. The van der Waals surface area contributed by atoms with Crippen molar-refractivity contribution in [2.75, 3.05) is 11.5 Å². The van der Waals surface area contributed by atoms with Crippen LogP contribution in [0.3, 0.4) is 0 Å². The number of carboxylic acid groups (broad SMARTS) is 1. The summed E-state index contributed by atoms with van der Waals surface area (Å²) in [5.41, 5.74) is 0.380. The van der Waals surface area contributed by atoms with Crippen LogP contribution in [-0.2, 0) is 9.84 Å². The van der Waals surface area contributed by atoms with Gasteiger partial charge in [0.25, 0.3) is 0 Å². The molecule has 17 heavy (non-hydrogen) atoms. The zero-order valence-corrected chi connectivity index (χ0v) is 10.2. The zero-order valence-electron chi connectivity index (χ0n) is 9.34. The van der Waals surface area contributed by atoms with Crippen molar-refractivity contribution in [3.63, 3.8) is 0 Å². The second-order valence-corrected chi connectivity index (χ2v) is 6.48. The smallest absolute Gasteiger partial charge is 0.373 e. The molecular weight excluding hydrogens is 246 g/mol. The first-order valence-electron chi connectivity index (χ1n) is 5.30. The standard InChI is InChI=1S/C10H13NO5S/c1-6-11-8(9(16-6)10(12)13)7-2-4-17(14,15)5-3-7/h7H,2-5H2,1H3,(H,12,13). The van der Waals surface area contributed by atoms with Crippen molar-refractivity contribution in [3.8, 4) is 0 Å². The number of sulfone groups is 1. The van der Waals surface area contributed by atoms with Gasteiger partial charge in [0.05, 0.1) is 17.2 Å². The highest BCUT2D eigenvalue weighted by Crippen LogP contribution is 2.31. The predicted octanol–water partition coefficient (Wildman–Crippen LogP) is 0.973. The molecule has 2 heterocycles. The molecule has 7 heteroatoms. The van der Waals surface area contributed by atoms with E-state index in [9.17, 15) is 13.2 Å². The summed E-state index contributed by atoms with van der Waals surface area (Å²) >= 11 is 0. The van der Waals surface area contributed by atoms with Crippen molar-refractivity contribution >= 4 is 15.8 Å². The molecule has 0 bridgehead atoms. The van der Waals surface area contributed by atoms with Crippen LogP contribution in [0.2, 0.25) is 0 Å². The topological polar surface area (TPSA) is 97.5 Å². The summed E-state index contributed by atoms with van der Waals surface area (Å²) in [6, 6.07) is 0. The van der Waals surface area contributed by atoms with E-state index in [1.807, 2.05) is 0 Å². The summed E-state index contributed by atoms with van der Waals surface area (Å²) in [7, 11) is -2.96. The van der Waals surface area contributed by atoms with Crippen molar-refractivity contribution in [2.24, 2.45) is 0 Å². The molecule has 1 fully saturated rings.